The number of benzene rings is 1. The van der Waals surface area contributed by atoms with Gasteiger partial charge >= 0.3 is 0 Å². The summed E-state index contributed by atoms with van der Waals surface area (Å²) in [4.78, 5) is 0. The van der Waals surface area contributed by atoms with E-state index in [0.717, 1.165) is 16.2 Å². The quantitative estimate of drug-likeness (QED) is 0.916. The van der Waals surface area contributed by atoms with Gasteiger partial charge in [0.15, 0.2) is 0 Å². The van der Waals surface area contributed by atoms with Crippen molar-refractivity contribution in [2.24, 2.45) is 0 Å². The molecule has 1 heterocycles. The van der Waals surface area contributed by atoms with Crippen molar-refractivity contribution < 1.29 is 4.74 Å². The molecule has 1 aliphatic heterocycles. The molecule has 19 heavy (non-hydrogen) atoms. The van der Waals surface area contributed by atoms with Crippen LogP contribution in [0.2, 0.25) is 0 Å². The van der Waals surface area contributed by atoms with E-state index in [2.05, 4.69) is 61.9 Å². The average molecular weight is 297 g/mol. The van der Waals surface area contributed by atoms with Crippen LogP contribution >= 0.6 is 23.5 Å². The minimum Gasteiger partial charge on any atom is -0.497 e. The van der Waals surface area contributed by atoms with Crippen molar-refractivity contribution >= 4 is 23.5 Å². The van der Waals surface area contributed by atoms with Gasteiger partial charge in [0.05, 0.1) is 7.11 Å². The lowest BCUT2D eigenvalue weighted by atomic mass is 10.0. The minimum absolute atomic E-state index is 0.415. The van der Waals surface area contributed by atoms with E-state index >= 15 is 0 Å². The topological polar surface area (TPSA) is 21.3 Å². The molecule has 1 aromatic rings. The van der Waals surface area contributed by atoms with Crippen molar-refractivity contribution in [3.8, 4) is 5.75 Å². The van der Waals surface area contributed by atoms with Crippen LogP contribution in [-0.2, 0) is 0 Å². The lowest BCUT2D eigenvalue weighted by Gasteiger charge is -2.36. The molecule has 1 fully saturated rings. The van der Waals surface area contributed by atoms with Crippen LogP contribution in [0.25, 0.3) is 0 Å². The molecule has 0 bridgehead atoms. The van der Waals surface area contributed by atoms with E-state index in [9.17, 15) is 0 Å². The third kappa shape index (κ3) is 3.61. The van der Waals surface area contributed by atoms with E-state index in [1.165, 1.54) is 11.3 Å². The van der Waals surface area contributed by atoms with Gasteiger partial charge in [0.2, 0.25) is 0 Å². The van der Waals surface area contributed by atoms with E-state index in [1.807, 2.05) is 12.1 Å². The molecule has 4 atom stereocenters. The second kappa shape index (κ2) is 6.91. The summed E-state index contributed by atoms with van der Waals surface area (Å²) in [5.74, 6) is 2.14. The molecule has 0 saturated carbocycles. The van der Waals surface area contributed by atoms with E-state index in [0.29, 0.717) is 11.3 Å². The maximum absolute atomic E-state index is 5.23. The molecule has 0 aromatic heterocycles. The third-order valence-electron chi connectivity index (χ3n) is 3.73. The standard InChI is InChI=1S/C15H23NOS2/c1-10-11(2)19-14(9-18-10)15(16-3)12-5-7-13(17-4)8-6-12/h5-8,10-11,14-16H,9H2,1-4H3. The molecule has 2 rings (SSSR count). The van der Waals surface area contributed by atoms with Crippen LogP contribution in [0.15, 0.2) is 24.3 Å². The van der Waals surface area contributed by atoms with E-state index < -0.39 is 0 Å². The number of methoxy groups -OCH3 is 1. The summed E-state index contributed by atoms with van der Waals surface area (Å²) in [7, 11) is 3.77. The van der Waals surface area contributed by atoms with Gasteiger partial charge < -0.3 is 10.1 Å². The fourth-order valence-electron chi connectivity index (χ4n) is 2.36. The smallest absolute Gasteiger partial charge is 0.118 e. The fraction of sp³-hybridized carbons (Fsp3) is 0.600. The minimum atomic E-state index is 0.415. The van der Waals surface area contributed by atoms with Gasteiger partial charge in [-0.15, -0.1) is 0 Å². The first kappa shape index (κ1) is 15.1. The van der Waals surface area contributed by atoms with Crippen molar-refractivity contribution in [3.63, 3.8) is 0 Å². The summed E-state index contributed by atoms with van der Waals surface area (Å²) in [5, 5.41) is 5.60. The van der Waals surface area contributed by atoms with Crippen molar-refractivity contribution in [1.29, 1.82) is 0 Å². The zero-order chi connectivity index (χ0) is 13.8. The Balaban J connectivity index is 2.10. The Morgan fingerprint density at radius 1 is 1.21 bits per heavy atom. The first-order chi connectivity index (χ1) is 9.15. The van der Waals surface area contributed by atoms with E-state index in [-0.39, 0.29) is 0 Å². The molecule has 4 unspecified atom stereocenters. The van der Waals surface area contributed by atoms with Crippen molar-refractivity contribution in [2.75, 3.05) is 19.9 Å². The number of hydrogen-bond donors (Lipinski definition) is 1. The first-order valence-electron chi connectivity index (χ1n) is 6.74. The highest BCUT2D eigenvalue weighted by atomic mass is 32.2. The first-order valence-corrected chi connectivity index (χ1v) is 8.73. The van der Waals surface area contributed by atoms with E-state index in [1.54, 1.807) is 7.11 Å². The van der Waals surface area contributed by atoms with Crippen molar-refractivity contribution in [2.45, 2.75) is 35.6 Å². The van der Waals surface area contributed by atoms with Gasteiger partial charge in [0.1, 0.15) is 5.75 Å². The van der Waals surface area contributed by atoms with Gasteiger partial charge in [0.25, 0.3) is 0 Å². The molecule has 1 N–H and O–H groups in total. The van der Waals surface area contributed by atoms with Crippen LogP contribution in [0.5, 0.6) is 5.75 Å². The van der Waals surface area contributed by atoms with Crippen molar-refractivity contribution in [3.05, 3.63) is 29.8 Å². The maximum atomic E-state index is 5.23. The lowest BCUT2D eigenvalue weighted by Crippen LogP contribution is -2.35. The molecular formula is C15H23NOS2. The number of ether oxygens (including phenoxy) is 1. The van der Waals surface area contributed by atoms with Crippen LogP contribution in [0.1, 0.15) is 25.5 Å². The molecule has 0 spiro atoms. The molecule has 0 radical (unpaired) electrons. The largest absolute Gasteiger partial charge is 0.497 e. The number of hydrogen-bond acceptors (Lipinski definition) is 4. The highest BCUT2D eigenvalue weighted by Gasteiger charge is 2.31. The van der Waals surface area contributed by atoms with Gasteiger partial charge in [-0.25, -0.2) is 0 Å². The maximum Gasteiger partial charge on any atom is 0.118 e. The van der Waals surface area contributed by atoms with Gasteiger partial charge in [0, 0.05) is 27.5 Å². The zero-order valence-electron chi connectivity index (χ0n) is 12.1. The molecule has 106 valence electrons. The Kier molecular flexibility index (Phi) is 5.48. The van der Waals surface area contributed by atoms with Crippen LogP contribution in [0, 0.1) is 0 Å². The molecule has 2 nitrogen and oxygen atoms in total. The normalized spacial score (nSPS) is 28.9. The Morgan fingerprint density at radius 2 is 1.89 bits per heavy atom. The third-order valence-corrected chi connectivity index (χ3v) is 7.23. The Hall–Kier alpha value is -0.320. The second-order valence-corrected chi connectivity index (χ2v) is 7.99. The van der Waals surface area contributed by atoms with Crippen LogP contribution < -0.4 is 10.1 Å². The predicted octanol–water partition coefficient (Wildman–Crippen LogP) is 3.58. The summed E-state index contributed by atoms with van der Waals surface area (Å²) < 4.78 is 5.23. The highest BCUT2D eigenvalue weighted by Crippen LogP contribution is 2.41. The van der Waals surface area contributed by atoms with Crippen LogP contribution in [0.3, 0.4) is 0 Å². The summed E-state index contributed by atoms with van der Waals surface area (Å²) in [6, 6.07) is 8.86. The molecule has 1 aliphatic rings. The van der Waals surface area contributed by atoms with Crippen molar-refractivity contribution in [1.82, 2.24) is 5.32 Å². The van der Waals surface area contributed by atoms with E-state index in [4.69, 9.17) is 4.74 Å². The Labute approximate surface area is 125 Å². The summed E-state index contributed by atoms with van der Waals surface area (Å²) in [5.41, 5.74) is 1.35. The van der Waals surface area contributed by atoms with Gasteiger partial charge in [-0.05, 0) is 24.7 Å². The fourth-order valence-corrected chi connectivity index (χ4v) is 5.52. The molecule has 1 saturated heterocycles. The number of nitrogens with one attached hydrogen (secondary N) is 1. The summed E-state index contributed by atoms with van der Waals surface area (Å²) in [6.45, 7) is 4.68. The Bertz CT molecular complexity index is 396. The summed E-state index contributed by atoms with van der Waals surface area (Å²) >= 11 is 4.21. The van der Waals surface area contributed by atoms with Gasteiger partial charge in [-0.1, -0.05) is 26.0 Å². The monoisotopic (exact) mass is 297 g/mol. The molecule has 4 heteroatoms. The Morgan fingerprint density at radius 3 is 2.42 bits per heavy atom. The zero-order valence-corrected chi connectivity index (χ0v) is 13.7. The van der Waals surface area contributed by atoms with Crippen LogP contribution in [0.4, 0.5) is 0 Å². The van der Waals surface area contributed by atoms with Gasteiger partial charge in [-0.3, -0.25) is 0 Å². The van der Waals surface area contributed by atoms with Crippen LogP contribution in [-0.4, -0.2) is 35.7 Å². The number of rotatable bonds is 4. The highest BCUT2D eigenvalue weighted by molar-refractivity contribution is 8.07. The molecule has 1 aromatic carbocycles. The molecule has 0 amide bonds. The SMILES string of the molecule is CNC(c1ccc(OC)cc1)C1CSC(C)C(C)S1. The average Bonchev–Trinajstić information content (AvgIpc) is 2.44. The molecular weight excluding hydrogens is 274 g/mol. The lowest BCUT2D eigenvalue weighted by molar-refractivity contribution is 0.414. The van der Waals surface area contributed by atoms with Gasteiger partial charge in [-0.2, -0.15) is 23.5 Å². The summed E-state index contributed by atoms with van der Waals surface area (Å²) in [6.07, 6.45) is 0. The predicted molar refractivity (Wildman–Crippen MR) is 87.6 cm³/mol. The number of thioether (sulfide) groups is 2. The molecule has 0 aliphatic carbocycles. The second-order valence-electron chi connectivity index (χ2n) is 4.96.